The maximum atomic E-state index is 11.6. The van der Waals surface area contributed by atoms with Crippen molar-refractivity contribution in [2.24, 2.45) is 0 Å². The van der Waals surface area contributed by atoms with E-state index in [1.807, 2.05) is 6.92 Å². The van der Waals surface area contributed by atoms with E-state index in [0.29, 0.717) is 18.4 Å². The fraction of sp³-hybridized carbons (Fsp3) is 0.400. The van der Waals surface area contributed by atoms with E-state index in [1.165, 1.54) is 19.1 Å². The first-order chi connectivity index (χ1) is 9.97. The molecule has 1 rings (SSSR count). The summed E-state index contributed by atoms with van der Waals surface area (Å²) in [4.78, 5) is 33.5. The van der Waals surface area contributed by atoms with Gasteiger partial charge in [-0.1, -0.05) is 6.92 Å². The van der Waals surface area contributed by atoms with Crippen molar-refractivity contribution in [3.63, 3.8) is 0 Å². The van der Waals surface area contributed by atoms with Crippen molar-refractivity contribution in [1.29, 1.82) is 0 Å². The van der Waals surface area contributed by atoms with Crippen molar-refractivity contribution < 1.29 is 24.2 Å². The van der Waals surface area contributed by atoms with E-state index >= 15 is 0 Å². The summed E-state index contributed by atoms with van der Waals surface area (Å²) in [6.07, 6.45) is 0.246. The lowest BCUT2D eigenvalue weighted by Gasteiger charge is -2.13. The summed E-state index contributed by atoms with van der Waals surface area (Å²) in [5.41, 5.74) is 0.782. The second kappa shape index (κ2) is 8.16. The molecule has 6 heteroatoms. The van der Waals surface area contributed by atoms with Crippen LogP contribution in [-0.4, -0.2) is 35.8 Å². The molecule has 0 heterocycles. The summed E-state index contributed by atoms with van der Waals surface area (Å²) < 4.78 is 5.24. The van der Waals surface area contributed by atoms with Crippen LogP contribution in [0.2, 0.25) is 0 Å². The van der Waals surface area contributed by atoms with Crippen LogP contribution >= 0.6 is 0 Å². The highest BCUT2D eigenvalue weighted by Gasteiger charge is 2.12. The highest BCUT2D eigenvalue weighted by molar-refractivity contribution is 5.99. The zero-order valence-corrected chi connectivity index (χ0v) is 12.1. The van der Waals surface area contributed by atoms with Gasteiger partial charge in [0.1, 0.15) is 18.5 Å². The van der Waals surface area contributed by atoms with E-state index < -0.39 is 6.10 Å². The third-order valence-electron chi connectivity index (χ3n) is 2.69. The summed E-state index contributed by atoms with van der Waals surface area (Å²) in [7, 11) is 0. The van der Waals surface area contributed by atoms with Crippen molar-refractivity contribution in [2.75, 3.05) is 11.9 Å². The lowest BCUT2D eigenvalue weighted by atomic mass is 10.1. The fourth-order valence-corrected chi connectivity index (χ4v) is 1.67. The smallest absolute Gasteiger partial charge is 0.224 e. The monoisotopic (exact) mass is 293 g/mol. The number of aliphatic hydroxyl groups excluding tert-OH is 1. The molecule has 0 aliphatic heterocycles. The van der Waals surface area contributed by atoms with Gasteiger partial charge in [0.25, 0.3) is 0 Å². The summed E-state index contributed by atoms with van der Waals surface area (Å²) in [5, 5.41) is 11.8. The number of carbonyl (C=O) groups is 3. The van der Waals surface area contributed by atoms with E-state index in [2.05, 4.69) is 5.32 Å². The van der Waals surface area contributed by atoms with Crippen molar-refractivity contribution in [3.8, 4) is 5.75 Å². The molecule has 0 spiro atoms. The number of nitrogens with one attached hydrogen (secondary N) is 1. The number of ketones is 1. The molecule has 6 nitrogen and oxygen atoms in total. The lowest BCUT2D eigenvalue weighted by Crippen LogP contribution is -2.19. The third kappa shape index (κ3) is 5.35. The Bertz CT molecular complexity index is 527. The molecule has 21 heavy (non-hydrogen) atoms. The minimum atomic E-state index is -1.24. The molecule has 0 bridgehead atoms. The Balaban J connectivity index is 2.88. The summed E-state index contributed by atoms with van der Waals surface area (Å²) in [5.74, 6) is -0.105. The number of hydrogen-bond donors (Lipinski definition) is 2. The predicted molar refractivity (Wildman–Crippen MR) is 77.6 cm³/mol. The summed E-state index contributed by atoms with van der Waals surface area (Å²) in [6, 6.07) is 4.64. The first-order valence-corrected chi connectivity index (χ1v) is 6.69. The Hall–Kier alpha value is -2.21. The maximum Gasteiger partial charge on any atom is 0.224 e. The van der Waals surface area contributed by atoms with Gasteiger partial charge in [-0.3, -0.25) is 9.59 Å². The standard InChI is InChI=1S/C15H19NO5/c1-3-4-15(20)16-11-5-6-14(13(7-11)10(2)18)21-9-12(19)8-17/h5-8,12,19H,3-4,9H2,1-2H3,(H,16,20). The minimum absolute atomic E-state index is 0.128. The second-order valence-electron chi connectivity index (χ2n) is 4.58. The number of amides is 1. The average molecular weight is 293 g/mol. The number of aldehydes is 1. The van der Waals surface area contributed by atoms with Crippen LogP contribution in [0.1, 0.15) is 37.0 Å². The SMILES string of the molecule is CCCC(=O)Nc1ccc(OCC(O)C=O)c(C(C)=O)c1. The molecule has 1 aromatic carbocycles. The molecule has 0 aliphatic rings. The van der Waals surface area contributed by atoms with Crippen LogP contribution in [0.15, 0.2) is 18.2 Å². The Morgan fingerprint density at radius 2 is 2.14 bits per heavy atom. The summed E-state index contributed by atoms with van der Waals surface area (Å²) in [6.45, 7) is 3.04. The number of Topliss-reactive ketones (excluding diaryl/α,β-unsaturated/α-hetero) is 1. The van der Waals surface area contributed by atoms with Crippen LogP contribution in [0.4, 0.5) is 5.69 Å². The zero-order chi connectivity index (χ0) is 15.8. The Morgan fingerprint density at radius 1 is 1.43 bits per heavy atom. The molecule has 1 amide bonds. The van der Waals surface area contributed by atoms with Crippen LogP contribution in [0, 0.1) is 0 Å². The molecule has 0 fully saturated rings. The molecule has 1 atom stereocenters. The zero-order valence-electron chi connectivity index (χ0n) is 12.1. The van der Waals surface area contributed by atoms with Gasteiger partial charge >= 0.3 is 0 Å². The number of carbonyl (C=O) groups excluding carboxylic acids is 3. The normalized spacial score (nSPS) is 11.6. The van der Waals surface area contributed by atoms with Crippen LogP contribution in [-0.2, 0) is 9.59 Å². The van der Waals surface area contributed by atoms with E-state index in [9.17, 15) is 14.4 Å². The van der Waals surface area contributed by atoms with E-state index in [1.54, 1.807) is 6.07 Å². The lowest BCUT2D eigenvalue weighted by molar-refractivity contribution is -0.116. The van der Waals surface area contributed by atoms with Gasteiger partial charge in [0.05, 0.1) is 5.56 Å². The van der Waals surface area contributed by atoms with Crippen LogP contribution < -0.4 is 10.1 Å². The molecule has 2 N–H and O–H groups in total. The average Bonchev–Trinajstić information content (AvgIpc) is 2.45. The van der Waals surface area contributed by atoms with Gasteiger partial charge in [0.2, 0.25) is 5.91 Å². The van der Waals surface area contributed by atoms with Crippen LogP contribution in [0.3, 0.4) is 0 Å². The van der Waals surface area contributed by atoms with E-state index in [0.717, 1.165) is 6.42 Å². The van der Waals surface area contributed by atoms with Crippen LogP contribution in [0.25, 0.3) is 0 Å². The van der Waals surface area contributed by atoms with Crippen LogP contribution in [0.5, 0.6) is 5.75 Å². The number of anilines is 1. The Labute approximate surface area is 123 Å². The number of hydrogen-bond acceptors (Lipinski definition) is 5. The number of benzene rings is 1. The molecule has 1 aromatic rings. The minimum Gasteiger partial charge on any atom is -0.490 e. The van der Waals surface area contributed by atoms with Gasteiger partial charge in [0.15, 0.2) is 12.1 Å². The topological polar surface area (TPSA) is 92.7 Å². The predicted octanol–water partition coefficient (Wildman–Crippen LogP) is 1.57. The van der Waals surface area contributed by atoms with E-state index in [4.69, 9.17) is 9.84 Å². The quantitative estimate of drug-likeness (QED) is 0.560. The van der Waals surface area contributed by atoms with Gasteiger partial charge in [-0.25, -0.2) is 0 Å². The number of rotatable bonds is 8. The van der Waals surface area contributed by atoms with Gasteiger partial charge < -0.3 is 20.0 Å². The van der Waals surface area contributed by atoms with E-state index in [-0.39, 0.29) is 29.6 Å². The number of ether oxygens (including phenoxy) is 1. The van der Waals surface area contributed by atoms with Gasteiger partial charge in [-0.2, -0.15) is 0 Å². The first-order valence-electron chi connectivity index (χ1n) is 6.69. The molecule has 114 valence electrons. The highest BCUT2D eigenvalue weighted by Crippen LogP contribution is 2.24. The van der Waals surface area contributed by atoms with Gasteiger partial charge in [-0.05, 0) is 31.5 Å². The Kier molecular flexibility index (Phi) is 6.55. The van der Waals surface area contributed by atoms with Gasteiger partial charge in [0, 0.05) is 12.1 Å². The van der Waals surface area contributed by atoms with Crippen molar-refractivity contribution >= 4 is 23.7 Å². The molecule has 0 aromatic heterocycles. The molecular formula is C15H19NO5. The third-order valence-corrected chi connectivity index (χ3v) is 2.69. The second-order valence-corrected chi connectivity index (χ2v) is 4.58. The number of aliphatic hydroxyl groups is 1. The molecule has 0 saturated carbocycles. The molecule has 1 unspecified atom stereocenters. The highest BCUT2D eigenvalue weighted by atomic mass is 16.5. The van der Waals surface area contributed by atoms with Crippen molar-refractivity contribution in [3.05, 3.63) is 23.8 Å². The van der Waals surface area contributed by atoms with Gasteiger partial charge in [-0.15, -0.1) is 0 Å². The molecule has 0 aliphatic carbocycles. The summed E-state index contributed by atoms with van der Waals surface area (Å²) >= 11 is 0. The largest absolute Gasteiger partial charge is 0.490 e. The van der Waals surface area contributed by atoms with Crippen molar-refractivity contribution in [1.82, 2.24) is 0 Å². The first kappa shape index (κ1) is 16.8. The maximum absolute atomic E-state index is 11.6. The molecule has 0 radical (unpaired) electrons. The fourth-order valence-electron chi connectivity index (χ4n) is 1.67. The molecule has 0 saturated heterocycles. The molecular weight excluding hydrogens is 274 g/mol. The Morgan fingerprint density at radius 3 is 2.71 bits per heavy atom. The van der Waals surface area contributed by atoms with Crippen molar-refractivity contribution in [2.45, 2.75) is 32.8 Å².